The topological polar surface area (TPSA) is 76.8 Å². The largest absolute Gasteiger partial charge is 0.493 e. The van der Waals surface area contributed by atoms with Crippen molar-refractivity contribution in [3.8, 4) is 11.5 Å². The van der Waals surface area contributed by atoms with E-state index in [-0.39, 0.29) is 6.03 Å². The van der Waals surface area contributed by atoms with Gasteiger partial charge in [-0.25, -0.2) is 4.79 Å². The number of carbonyl (C=O) groups is 1. The first-order valence-corrected chi connectivity index (χ1v) is 6.23. The maximum absolute atomic E-state index is 12.0. The monoisotopic (exact) mass is 265 g/mol. The van der Waals surface area contributed by atoms with Crippen LogP contribution in [-0.4, -0.2) is 38.2 Å². The van der Waals surface area contributed by atoms with Gasteiger partial charge in [-0.1, -0.05) is 0 Å². The molecule has 0 spiro atoms. The first-order valence-electron chi connectivity index (χ1n) is 6.23. The Bertz CT molecular complexity index is 470. The van der Waals surface area contributed by atoms with Gasteiger partial charge in [0.25, 0.3) is 0 Å². The van der Waals surface area contributed by atoms with Crippen LogP contribution < -0.4 is 20.5 Å². The second kappa shape index (κ2) is 5.69. The zero-order valence-corrected chi connectivity index (χ0v) is 11.2. The summed E-state index contributed by atoms with van der Waals surface area (Å²) >= 11 is 0. The van der Waals surface area contributed by atoms with Gasteiger partial charge in [0.15, 0.2) is 11.5 Å². The number of nitrogens with one attached hydrogen (secondary N) is 1. The Morgan fingerprint density at radius 2 is 1.79 bits per heavy atom. The summed E-state index contributed by atoms with van der Waals surface area (Å²) in [6, 6.07) is 3.18. The van der Waals surface area contributed by atoms with Gasteiger partial charge in [0.2, 0.25) is 0 Å². The number of likely N-dealkylation sites (tertiary alicyclic amines) is 1. The molecule has 1 aliphatic heterocycles. The van der Waals surface area contributed by atoms with Gasteiger partial charge in [0.1, 0.15) is 0 Å². The van der Waals surface area contributed by atoms with E-state index in [4.69, 9.17) is 15.2 Å². The van der Waals surface area contributed by atoms with Crippen LogP contribution in [0, 0.1) is 0 Å². The lowest BCUT2D eigenvalue weighted by molar-refractivity contribution is 0.222. The Morgan fingerprint density at radius 1 is 1.21 bits per heavy atom. The number of hydrogen-bond acceptors (Lipinski definition) is 4. The molecule has 1 aliphatic rings. The van der Waals surface area contributed by atoms with Crippen molar-refractivity contribution in [2.45, 2.75) is 12.8 Å². The molecule has 1 fully saturated rings. The van der Waals surface area contributed by atoms with Crippen LogP contribution in [0.15, 0.2) is 12.1 Å². The summed E-state index contributed by atoms with van der Waals surface area (Å²) in [5, 5.41) is 2.80. The van der Waals surface area contributed by atoms with E-state index in [1.54, 1.807) is 31.3 Å². The van der Waals surface area contributed by atoms with Crippen LogP contribution in [0.5, 0.6) is 11.5 Å². The highest BCUT2D eigenvalue weighted by molar-refractivity contribution is 5.93. The number of ether oxygens (including phenoxy) is 2. The molecule has 0 unspecified atom stereocenters. The second-order valence-electron chi connectivity index (χ2n) is 4.42. The van der Waals surface area contributed by atoms with Gasteiger partial charge in [-0.15, -0.1) is 0 Å². The summed E-state index contributed by atoms with van der Waals surface area (Å²) in [5.74, 6) is 1.08. The molecular weight excluding hydrogens is 246 g/mol. The minimum absolute atomic E-state index is 0.128. The average molecular weight is 265 g/mol. The normalized spacial score (nSPS) is 14.3. The molecule has 6 heteroatoms. The molecule has 1 aromatic rings. The molecule has 19 heavy (non-hydrogen) atoms. The molecule has 104 valence electrons. The van der Waals surface area contributed by atoms with Crippen molar-refractivity contribution < 1.29 is 14.3 Å². The number of nitrogens with two attached hydrogens (primary N) is 1. The first kappa shape index (κ1) is 13.3. The van der Waals surface area contributed by atoms with E-state index in [9.17, 15) is 4.79 Å². The molecule has 6 nitrogen and oxygen atoms in total. The minimum atomic E-state index is -0.128. The van der Waals surface area contributed by atoms with Crippen molar-refractivity contribution in [3.05, 3.63) is 12.1 Å². The smallest absolute Gasteiger partial charge is 0.321 e. The molecule has 0 atom stereocenters. The van der Waals surface area contributed by atoms with Gasteiger partial charge in [-0.05, 0) is 12.8 Å². The quantitative estimate of drug-likeness (QED) is 0.818. The Labute approximate surface area is 112 Å². The van der Waals surface area contributed by atoms with Crippen molar-refractivity contribution in [1.82, 2.24) is 4.90 Å². The molecule has 3 N–H and O–H groups in total. The average Bonchev–Trinajstić information content (AvgIpc) is 2.94. The van der Waals surface area contributed by atoms with E-state index in [1.165, 1.54) is 0 Å². The number of rotatable bonds is 3. The van der Waals surface area contributed by atoms with Gasteiger partial charge < -0.3 is 25.4 Å². The number of nitrogens with zero attached hydrogens (tertiary/aromatic N) is 1. The fourth-order valence-electron chi connectivity index (χ4n) is 2.12. The fourth-order valence-corrected chi connectivity index (χ4v) is 2.12. The highest BCUT2D eigenvalue weighted by atomic mass is 16.5. The number of carbonyl (C=O) groups excluding carboxylic acids is 1. The Morgan fingerprint density at radius 3 is 2.37 bits per heavy atom. The number of anilines is 2. The van der Waals surface area contributed by atoms with E-state index in [1.807, 2.05) is 0 Å². The van der Waals surface area contributed by atoms with Crippen LogP contribution in [0.25, 0.3) is 0 Å². The molecule has 2 rings (SSSR count). The molecule has 0 saturated carbocycles. The van der Waals surface area contributed by atoms with Crippen molar-refractivity contribution in [3.63, 3.8) is 0 Å². The summed E-state index contributed by atoms with van der Waals surface area (Å²) in [7, 11) is 3.08. The fraction of sp³-hybridized carbons (Fsp3) is 0.462. The van der Waals surface area contributed by atoms with Crippen LogP contribution >= 0.6 is 0 Å². The van der Waals surface area contributed by atoms with Crippen molar-refractivity contribution >= 4 is 17.4 Å². The Balaban J connectivity index is 2.17. The van der Waals surface area contributed by atoms with Gasteiger partial charge in [-0.3, -0.25) is 0 Å². The van der Waals surface area contributed by atoms with Crippen molar-refractivity contribution in [2.24, 2.45) is 0 Å². The van der Waals surface area contributed by atoms with Gasteiger partial charge >= 0.3 is 6.03 Å². The Kier molecular flexibility index (Phi) is 3.99. The number of hydrogen-bond donors (Lipinski definition) is 2. The van der Waals surface area contributed by atoms with E-state index < -0.39 is 0 Å². The van der Waals surface area contributed by atoms with Gasteiger partial charge in [0.05, 0.1) is 25.6 Å². The molecule has 0 bridgehead atoms. The second-order valence-corrected chi connectivity index (χ2v) is 4.42. The van der Waals surface area contributed by atoms with Crippen molar-refractivity contribution in [2.75, 3.05) is 38.4 Å². The summed E-state index contributed by atoms with van der Waals surface area (Å²) in [6.45, 7) is 1.58. The van der Waals surface area contributed by atoms with Crippen LogP contribution in [0.3, 0.4) is 0 Å². The molecule has 1 saturated heterocycles. The standard InChI is InChI=1S/C13H19N3O3/c1-18-11-7-9(14)10(8-12(11)19-2)15-13(17)16-5-3-4-6-16/h7-8H,3-6,14H2,1-2H3,(H,15,17). The van der Waals surface area contributed by atoms with Crippen molar-refractivity contribution in [1.29, 1.82) is 0 Å². The summed E-state index contributed by atoms with van der Waals surface area (Å²) in [5.41, 5.74) is 6.88. The van der Waals surface area contributed by atoms with Crippen LogP contribution in [0.1, 0.15) is 12.8 Å². The van der Waals surface area contributed by atoms with Crippen LogP contribution in [0.2, 0.25) is 0 Å². The van der Waals surface area contributed by atoms with E-state index in [0.717, 1.165) is 25.9 Å². The number of methoxy groups -OCH3 is 2. The highest BCUT2D eigenvalue weighted by Gasteiger charge is 2.19. The van der Waals surface area contributed by atoms with E-state index in [0.29, 0.717) is 22.9 Å². The summed E-state index contributed by atoms with van der Waals surface area (Å²) < 4.78 is 10.3. The predicted octanol–water partition coefficient (Wildman–Crippen LogP) is 1.91. The van der Waals surface area contributed by atoms with Crippen LogP contribution in [-0.2, 0) is 0 Å². The molecule has 0 aromatic heterocycles. The summed E-state index contributed by atoms with van der Waals surface area (Å²) in [6.07, 6.45) is 2.10. The maximum Gasteiger partial charge on any atom is 0.321 e. The van der Waals surface area contributed by atoms with Gasteiger partial charge in [0, 0.05) is 25.2 Å². The first-order chi connectivity index (χ1) is 9.15. The number of benzene rings is 1. The SMILES string of the molecule is COc1cc(N)c(NC(=O)N2CCCC2)cc1OC. The third-order valence-corrected chi connectivity index (χ3v) is 3.19. The minimum Gasteiger partial charge on any atom is -0.493 e. The number of urea groups is 1. The molecule has 2 amide bonds. The van der Waals surface area contributed by atoms with E-state index in [2.05, 4.69) is 5.32 Å². The molecule has 0 aliphatic carbocycles. The lowest BCUT2D eigenvalue weighted by atomic mass is 10.2. The third-order valence-electron chi connectivity index (χ3n) is 3.19. The molecule has 0 radical (unpaired) electrons. The third kappa shape index (κ3) is 2.83. The zero-order valence-electron chi connectivity index (χ0n) is 11.2. The number of nitrogen functional groups attached to an aromatic ring is 1. The highest BCUT2D eigenvalue weighted by Crippen LogP contribution is 2.34. The van der Waals surface area contributed by atoms with E-state index >= 15 is 0 Å². The Hall–Kier alpha value is -2.11. The molecule has 1 aromatic carbocycles. The lowest BCUT2D eigenvalue weighted by Gasteiger charge is -2.18. The van der Waals surface area contributed by atoms with Crippen LogP contribution in [0.4, 0.5) is 16.2 Å². The molecule has 1 heterocycles. The van der Waals surface area contributed by atoms with Gasteiger partial charge in [-0.2, -0.15) is 0 Å². The summed E-state index contributed by atoms with van der Waals surface area (Å²) in [4.78, 5) is 13.8. The predicted molar refractivity (Wildman–Crippen MR) is 73.8 cm³/mol. The maximum atomic E-state index is 12.0. The molecular formula is C13H19N3O3. The zero-order chi connectivity index (χ0) is 13.8. The lowest BCUT2D eigenvalue weighted by Crippen LogP contribution is -2.32. The number of amides is 2.